The molecule has 3 N–H and O–H groups in total. The monoisotopic (exact) mass is 220 g/mol. The summed E-state index contributed by atoms with van der Waals surface area (Å²) in [6, 6.07) is 0. The molecule has 0 aliphatic rings. The molecule has 0 aromatic heterocycles. The normalized spacial score (nSPS) is 14.2. The fourth-order valence-corrected chi connectivity index (χ4v) is 1.21. The average Bonchev–Trinajstić information content (AvgIpc) is 2.31. The van der Waals surface area contributed by atoms with E-state index in [-0.39, 0.29) is 25.7 Å². The van der Waals surface area contributed by atoms with E-state index >= 15 is 0 Å². The van der Waals surface area contributed by atoms with Crippen LogP contribution >= 0.6 is 0 Å². The summed E-state index contributed by atoms with van der Waals surface area (Å²) in [5.41, 5.74) is -0.534. The minimum Gasteiger partial charge on any atom is -0.396 e. The van der Waals surface area contributed by atoms with Gasteiger partial charge in [-0.25, -0.2) is 0 Å². The highest BCUT2D eigenvalue weighted by molar-refractivity contribution is 4.75. The maximum Gasteiger partial charge on any atom is 0.0566 e. The van der Waals surface area contributed by atoms with Crippen LogP contribution in [-0.2, 0) is 4.74 Å². The van der Waals surface area contributed by atoms with Crippen LogP contribution in [0.15, 0.2) is 0 Å². The van der Waals surface area contributed by atoms with Crippen LogP contribution in [0, 0.1) is 11.3 Å². The molecule has 0 aromatic rings. The van der Waals surface area contributed by atoms with Gasteiger partial charge in [-0.05, 0) is 12.8 Å². The molecule has 0 saturated heterocycles. The Morgan fingerprint density at radius 1 is 1.13 bits per heavy atom. The molecule has 92 valence electrons. The molecular formula is C11H24O4. The second-order valence-electron chi connectivity index (χ2n) is 4.14. The van der Waals surface area contributed by atoms with Crippen LogP contribution in [0.2, 0.25) is 0 Å². The summed E-state index contributed by atoms with van der Waals surface area (Å²) in [5, 5.41) is 27.3. The fourth-order valence-electron chi connectivity index (χ4n) is 1.21. The summed E-state index contributed by atoms with van der Waals surface area (Å²) >= 11 is 0. The van der Waals surface area contributed by atoms with Gasteiger partial charge >= 0.3 is 0 Å². The predicted molar refractivity (Wildman–Crippen MR) is 58.6 cm³/mol. The Kier molecular flexibility index (Phi) is 7.96. The Morgan fingerprint density at radius 3 is 2.07 bits per heavy atom. The summed E-state index contributed by atoms with van der Waals surface area (Å²) in [6.07, 6.45) is 1.55. The van der Waals surface area contributed by atoms with Crippen molar-refractivity contribution in [2.45, 2.75) is 26.7 Å². The minimum absolute atomic E-state index is 0.0735. The van der Waals surface area contributed by atoms with Crippen molar-refractivity contribution in [3.8, 4) is 0 Å². The lowest BCUT2D eigenvalue weighted by Gasteiger charge is -2.28. The third-order valence-electron chi connectivity index (χ3n) is 3.02. The van der Waals surface area contributed by atoms with E-state index in [4.69, 9.17) is 20.1 Å². The van der Waals surface area contributed by atoms with Crippen molar-refractivity contribution in [2.24, 2.45) is 11.3 Å². The van der Waals surface area contributed by atoms with E-state index in [1.165, 1.54) is 0 Å². The van der Waals surface area contributed by atoms with Crippen LogP contribution in [0.25, 0.3) is 0 Å². The number of aliphatic hydroxyl groups is 3. The Balaban J connectivity index is 3.89. The van der Waals surface area contributed by atoms with Gasteiger partial charge in [0.05, 0.1) is 26.4 Å². The highest BCUT2D eigenvalue weighted by atomic mass is 16.5. The maximum absolute atomic E-state index is 9.17. The third kappa shape index (κ3) is 4.93. The van der Waals surface area contributed by atoms with Crippen LogP contribution in [-0.4, -0.2) is 48.4 Å². The van der Waals surface area contributed by atoms with Crippen molar-refractivity contribution < 1.29 is 20.1 Å². The first-order valence-electron chi connectivity index (χ1n) is 5.58. The quantitative estimate of drug-likeness (QED) is 0.526. The highest BCUT2D eigenvalue weighted by Crippen LogP contribution is 2.21. The Labute approximate surface area is 91.9 Å². The molecule has 4 heteroatoms. The van der Waals surface area contributed by atoms with Gasteiger partial charge in [0.15, 0.2) is 0 Å². The molecule has 15 heavy (non-hydrogen) atoms. The summed E-state index contributed by atoms with van der Waals surface area (Å²) in [7, 11) is 0. The van der Waals surface area contributed by atoms with Crippen molar-refractivity contribution in [1.82, 2.24) is 0 Å². The molecule has 0 amide bonds. The van der Waals surface area contributed by atoms with Crippen molar-refractivity contribution in [2.75, 3.05) is 33.0 Å². The third-order valence-corrected chi connectivity index (χ3v) is 3.02. The first-order valence-corrected chi connectivity index (χ1v) is 5.58. The predicted octanol–water partition coefficient (Wildman–Crippen LogP) is 0.403. The van der Waals surface area contributed by atoms with E-state index in [1.807, 2.05) is 13.8 Å². The lowest BCUT2D eigenvalue weighted by molar-refractivity contribution is -0.0426. The van der Waals surface area contributed by atoms with Gasteiger partial charge in [0.1, 0.15) is 0 Å². The van der Waals surface area contributed by atoms with Gasteiger partial charge < -0.3 is 20.1 Å². The zero-order valence-corrected chi connectivity index (χ0v) is 9.78. The zero-order valence-electron chi connectivity index (χ0n) is 9.78. The largest absolute Gasteiger partial charge is 0.396 e. The molecular weight excluding hydrogens is 196 g/mol. The van der Waals surface area contributed by atoms with Crippen molar-refractivity contribution in [3.05, 3.63) is 0 Å². The zero-order chi connectivity index (χ0) is 11.7. The van der Waals surface area contributed by atoms with E-state index in [2.05, 4.69) is 0 Å². The second kappa shape index (κ2) is 8.05. The number of ether oxygens (including phenoxy) is 1. The minimum atomic E-state index is -0.534. The Hall–Kier alpha value is -0.160. The SMILES string of the molecule is CCC(CO)COCC(CC)(CO)CO. The molecule has 0 spiro atoms. The van der Waals surface area contributed by atoms with Crippen molar-refractivity contribution in [1.29, 1.82) is 0 Å². The second-order valence-corrected chi connectivity index (χ2v) is 4.14. The lowest BCUT2D eigenvalue weighted by atomic mass is 9.88. The van der Waals surface area contributed by atoms with E-state index in [0.29, 0.717) is 19.6 Å². The van der Waals surface area contributed by atoms with E-state index in [1.54, 1.807) is 0 Å². The van der Waals surface area contributed by atoms with Gasteiger partial charge in [0, 0.05) is 17.9 Å². The van der Waals surface area contributed by atoms with Gasteiger partial charge in [-0.3, -0.25) is 0 Å². The molecule has 0 aliphatic heterocycles. The van der Waals surface area contributed by atoms with E-state index in [9.17, 15) is 0 Å². The molecule has 0 aromatic carbocycles. The lowest BCUT2D eigenvalue weighted by Crippen LogP contribution is -2.35. The molecule has 1 atom stereocenters. The summed E-state index contributed by atoms with van der Waals surface area (Å²) in [6.45, 7) is 4.70. The summed E-state index contributed by atoms with van der Waals surface area (Å²) in [4.78, 5) is 0. The van der Waals surface area contributed by atoms with Gasteiger partial charge in [0.2, 0.25) is 0 Å². The molecule has 0 heterocycles. The molecule has 0 radical (unpaired) electrons. The number of hydrogen-bond acceptors (Lipinski definition) is 4. The number of rotatable bonds is 9. The number of hydrogen-bond donors (Lipinski definition) is 3. The van der Waals surface area contributed by atoms with E-state index in [0.717, 1.165) is 6.42 Å². The van der Waals surface area contributed by atoms with Crippen LogP contribution in [0.3, 0.4) is 0 Å². The molecule has 0 bridgehead atoms. The maximum atomic E-state index is 9.17. The molecule has 0 fully saturated rings. The van der Waals surface area contributed by atoms with Gasteiger partial charge in [-0.1, -0.05) is 13.8 Å². The Morgan fingerprint density at radius 2 is 1.73 bits per heavy atom. The fraction of sp³-hybridized carbons (Fsp3) is 1.00. The van der Waals surface area contributed by atoms with Gasteiger partial charge in [0.25, 0.3) is 0 Å². The highest BCUT2D eigenvalue weighted by Gasteiger charge is 2.27. The first kappa shape index (κ1) is 14.8. The molecule has 0 saturated carbocycles. The van der Waals surface area contributed by atoms with E-state index < -0.39 is 5.41 Å². The van der Waals surface area contributed by atoms with Crippen LogP contribution in [0.1, 0.15) is 26.7 Å². The summed E-state index contributed by atoms with van der Waals surface area (Å²) < 4.78 is 5.44. The molecule has 1 unspecified atom stereocenters. The topological polar surface area (TPSA) is 69.9 Å². The van der Waals surface area contributed by atoms with Crippen LogP contribution in [0.5, 0.6) is 0 Å². The van der Waals surface area contributed by atoms with Gasteiger partial charge in [-0.2, -0.15) is 0 Å². The van der Waals surface area contributed by atoms with Crippen molar-refractivity contribution in [3.63, 3.8) is 0 Å². The van der Waals surface area contributed by atoms with Gasteiger partial charge in [-0.15, -0.1) is 0 Å². The standard InChI is InChI=1S/C11H24O4/c1-3-10(5-12)6-15-9-11(4-2,7-13)8-14/h10,12-14H,3-9H2,1-2H3. The summed E-state index contributed by atoms with van der Waals surface area (Å²) in [5.74, 6) is 0.150. The van der Waals surface area contributed by atoms with Crippen LogP contribution < -0.4 is 0 Å². The van der Waals surface area contributed by atoms with Crippen LogP contribution in [0.4, 0.5) is 0 Å². The average molecular weight is 220 g/mol. The van der Waals surface area contributed by atoms with Crippen molar-refractivity contribution >= 4 is 0 Å². The number of aliphatic hydroxyl groups excluding tert-OH is 3. The smallest absolute Gasteiger partial charge is 0.0566 e. The Bertz CT molecular complexity index is 133. The first-order chi connectivity index (χ1) is 7.17. The molecule has 0 aliphatic carbocycles. The molecule has 0 rings (SSSR count). The molecule has 4 nitrogen and oxygen atoms in total.